The summed E-state index contributed by atoms with van der Waals surface area (Å²) in [5.41, 5.74) is 1.38. The van der Waals surface area contributed by atoms with Crippen LogP contribution >= 0.6 is 0 Å². The van der Waals surface area contributed by atoms with Crippen LogP contribution in [0.2, 0.25) is 0 Å². The van der Waals surface area contributed by atoms with Gasteiger partial charge in [0.2, 0.25) is 5.91 Å². The number of methoxy groups -OCH3 is 1. The minimum Gasteiger partial charge on any atom is -0.467 e. The van der Waals surface area contributed by atoms with Gasteiger partial charge in [0.15, 0.2) is 0 Å². The number of amides is 2. The van der Waals surface area contributed by atoms with Gasteiger partial charge < -0.3 is 10.1 Å². The van der Waals surface area contributed by atoms with Crippen LogP contribution < -0.4 is 10.7 Å². The molecule has 1 aliphatic heterocycles. The van der Waals surface area contributed by atoms with Crippen LogP contribution in [0.3, 0.4) is 0 Å². The van der Waals surface area contributed by atoms with Crippen LogP contribution in [0, 0.1) is 0 Å². The molecule has 0 spiro atoms. The Hall–Kier alpha value is -1.92. The lowest BCUT2D eigenvalue weighted by molar-refractivity contribution is -0.149. The molecule has 0 aromatic carbocycles. The molecule has 0 aromatic rings. The summed E-state index contributed by atoms with van der Waals surface area (Å²) in [7, 11) is 1.28. The molecule has 1 aliphatic rings. The highest BCUT2D eigenvalue weighted by atomic mass is 16.5. The molecule has 1 unspecified atom stereocenters. The van der Waals surface area contributed by atoms with Crippen molar-refractivity contribution in [2.45, 2.75) is 45.1 Å². The second-order valence-electron chi connectivity index (χ2n) is 4.62. The first-order valence-corrected chi connectivity index (χ1v) is 6.19. The molecule has 19 heavy (non-hydrogen) atoms. The minimum atomic E-state index is -1.08. The molecule has 2 N–H and O–H groups in total. The predicted molar refractivity (Wildman–Crippen MR) is 68.3 cm³/mol. The molecule has 0 saturated carbocycles. The number of rotatable bonds is 5. The van der Waals surface area contributed by atoms with Crippen molar-refractivity contribution >= 4 is 23.5 Å². The molecular formula is C12H19N3O4. The Bertz CT molecular complexity index is 419. The highest BCUT2D eigenvalue weighted by Gasteiger charge is 2.36. The number of carbonyl (C=O) groups is 3. The maximum atomic E-state index is 12.0. The van der Waals surface area contributed by atoms with E-state index in [1.54, 1.807) is 6.92 Å². The van der Waals surface area contributed by atoms with Gasteiger partial charge in [-0.3, -0.25) is 9.59 Å². The fraction of sp³-hybridized carbons (Fsp3) is 0.667. The molecule has 0 saturated heterocycles. The summed E-state index contributed by atoms with van der Waals surface area (Å²) >= 11 is 0. The van der Waals surface area contributed by atoms with Gasteiger partial charge in [-0.25, -0.2) is 10.2 Å². The number of nitrogens with one attached hydrogen (secondary N) is 2. The molecule has 0 aliphatic carbocycles. The molecule has 2 amide bonds. The van der Waals surface area contributed by atoms with E-state index in [2.05, 4.69) is 15.8 Å². The van der Waals surface area contributed by atoms with E-state index in [1.165, 1.54) is 7.11 Å². The molecule has 1 heterocycles. The van der Waals surface area contributed by atoms with Gasteiger partial charge in [0.25, 0.3) is 5.91 Å². The lowest BCUT2D eigenvalue weighted by Gasteiger charge is -2.28. The third-order valence-electron chi connectivity index (χ3n) is 2.94. The Morgan fingerprint density at radius 1 is 1.47 bits per heavy atom. The number of ether oxygens (including phenoxy) is 1. The topological polar surface area (TPSA) is 96.9 Å². The molecule has 0 bridgehead atoms. The van der Waals surface area contributed by atoms with Crippen molar-refractivity contribution in [1.29, 1.82) is 0 Å². The monoisotopic (exact) mass is 269 g/mol. The van der Waals surface area contributed by atoms with E-state index in [-0.39, 0.29) is 24.5 Å². The standard InChI is InChI=1S/C12H19N3O4/c1-4-7-12(2,11(18)19-3)13-10(17)8-5-6-9(16)15-14-8/h4-7H2,1-3H3,(H,13,17)(H,15,16). The van der Waals surface area contributed by atoms with Crippen molar-refractivity contribution in [3.63, 3.8) is 0 Å². The maximum Gasteiger partial charge on any atom is 0.331 e. The van der Waals surface area contributed by atoms with E-state index in [4.69, 9.17) is 4.74 Å². The molecule has 0 aromatic heterocycles. The van der Waals surface area contributed by atoms with Crippen LogP contribution in [0.15, 0.2) is 5.10 Å². The SMILES string of the molecule is CCCC(C)(NC(=O)C1=NNC(=O)CC1)C(=O)OC. The Labute approximate surface area is 111 Å². The molecule has 7 heteroatoms. The summed E-state index contributed by atoms with van der Waals surface area (Å²) in [4.78, 5) is 34.7. The molecule has 0 fully saturated rings. The first kappa shape index (κ1) is 15.1. The summed E-state index contributed by atoms with van der Waals surface area (Å²) < 4.78 is 4.71. The predicted octanol–water partition coefficient (Wildman–Crippen LogP) is 0.100. The zero-order valence-corrected chi connectivity index (χ0v) is 11.4. The highest BCUT2D eigenvalue weighted by Crippen LogP contribution is 2.15. The van der Waals surface area contributed by atoms with Crippen LogP contribution in [0.25, 0.3) is 0 Å². The third kappa shape index (κ3) is 3.77. The summed E-state index contributed by atoms with van der Waals surface area (Å²) in [6, 6.07) is 0. The summed E-state index contributed by atoms with van der Waals surface area (Å²) in [5, 5.41) is 6.33. The maximum absolute atomic E-state index is 12.0. The van der Waals surface area contributed by atoms with Crippen molar-refractivity contribution < 1.29 is 19.1 Å². The van der Waals surface area contributed by atoms with Crippen molar-refractivity contribution in [1.82, 2.24) is 10.7 Å². The van der Waals surface area contributed by atoms with E-state index in [1.807, 2.05) is 6.92 Å². The number of hydrogen-bond acceptors (Lipinski definition) is 5. The zero-order valence-electron chi connectivity index (χ0n) is 11.4. The normalized spacial score (nSPS) is 17.8. The van der Waals surface area contributed by atoms with E-state index in [9.17, 15) is 14.4 Å². The van der Waals surface area contributed by atoms with Gasteiger partial charge in [-0.1, -0.05) is 13.3 Å². The second-order valence-corrected chi connectivity index (χ2v) is 4.62. The Morgan fingerprint density at radius 2 is 2.16 bits per heavy atom. The molecule has 106 valence electrons. The van der Waals surface area contributed by atoms with Gasteiger partial charge in [-0.2, -0.15) is 5.10 Å². The van der Waals surface area contributed by atoms with Crippen LogP contribution in [-0.4, -0.2) is 36.1 Å². The number of hydrazone groups is 1. The largest absolute Gasteiger partial charge is 0.467 e. The van der Waals surface area contributed by atoms with Crippen LogP contribution in [0.4, 0.5) is 0 Å². The van der Waals surface area contributed by atoms with Gasteiger partial charge in [0.05, 0.1) is 7.11 Å². The highest BCUT2D eigenvalue weighted by molar-refractivity contribution is 6.40. The van der Waals surface area contributed by atoms with Gasteiger partial charge in [0.1, 0.15) is 11.3 Å². The molecule has 1 rings (SSSR count). The average molecular weight is 269 g/mol. The molecular weight excluding hydrogens is 250 g/mol. The minimum absolute atomic E-state index is 0.214. The van der Waals surface area contributed by atoms with E-state index in [0.29, 0.717) is 6.42 Å². The summed E-state index contributed by atoms with van der Waals surface area (Å²) in [6.07, 6.45) is 1.66. The number of hydrogen-bond donors (Lipinski definition) is 2. The van der Waals surface area contributed by atoms with E-state index in [0.717, 1.165) is 6.42 Å². The first-order valence-electron chi connectivity index (χ1n) is 6.19. The molecule has 0 radical (unpaired) electrons. The van der Waals surface area contributed by atoms with Crippen LogP contribution in [0.1, 0.15) is 39.5 Å². The smallest absolute Gasteiger partial charge is 0.331 e. The van der Waals surface area contributed by atoms with Crippen LogP contribution in [0.5, 0.6) is 0 Å². The van der Waals surface area contributed by atoms with Gasteiger partial charge in [0, 0.05) is 12.8 Å². The first-order chi connectivity index (χ1) is 8.92. The molecule has 7 nitrogen and oxygen atoms in total. The van der Waals surface area contributed by atoms with Crippen molar-refractivity contribution in [2.24, 2.45) is 5.10 Å². The van der Waals surface area contributed by atoms with Gasteiger partial charge in [-0.05, 0) is 13.3 Å². The van der Waals surface area contributed by atoms with E-state index >= 15 is 0 Å². The third-order valence-corrected chi connectivity index (χ3v) is 2.94. The Balaban J connectivity index is 2.77. The number of carbonyl (C=O) groups excluding carboxylic acids is 3. The fourth-order valence-electron chi connectivity index (χ4n) is 1.90. The quantitative estimate of drug-likeness (QED) is 0.692. The summed E-state index contributed by atoms with van der Waals surface area (Å²) in [6.45, 7) is 3.52. The van der Waals surface area contributed by atoms with Gasteiger partial charge in [-0.15, -0.1) is 0 Å². The van der Waals surface area contributed by atoms with Crippen LogP contribution in [-0.2, 0) is 19.1 Å². The van der Waals surface area contributed by atoms with E-state index < -0.39 is 17.4 Å². The zero-order chi connectivity index (χ0) is 14.5. The van der Waals surface area contributed by atoms with Crippen molar-refractivity contribution in [3.8, 4) is 0 Å². The average Bonchev–Trinajstić information content (AvgIpc) is 2.38. The van der Waals surface area contributed by atoms with Crippen molar-refractivity contribution in [2.75, 3.05) is 7.11 Å². The number of esters is 1. The van der Waals surface area contributed by atoms with Gasteiger partial charge >= 0.3 is 5.97 Å². The summed E-state index contributed by atoms with van der Waals surface area (Å²) in [5.74, 6) is -1.18. The lowest BCUT2D eigenvalue weighted by atomic mass is 9.95. The Kier molecular flexibility index (Phi) is 5.02. The number of nitrogens with zero attached hydrogens (tertiary/aromatic N) is 1. The Morgan fingerprint density at radius 3 is 2.63 bits per heavy atom. The molecule has 1 atom stereocenters. The fourth-order valence-corrected chi connectivity index (χ4v) is 1.90. The van der Waals surface area contributed by atoms with Crippen molar-refractivity contribution in [3.05, 3.63) is 0 Å². The lowest BCUT2D eigenvalue weighted by Crippen LogP contribution is -2.55. The second kappa shape index (κ2) is 6.31.